The van der Waals surface area contributed by atoms with Crippen LogP contribution in [-0.2, 0) is 4.79 Å². The average molecular weight is 494 g/mol. The molecule has 0 bridgehead atoms. The van der Waals surface area contributed by atoms with E-state index in [-0.39, 0.29) is 42.3 Å². The molecular weight excluding hydrogens is 463 g/mol. The molecule has 0 saturated heterocycles. The van der Waals surface area contributed by atoms with Crippen LogP contribution in [0.5, 0.6) is 0 Å². The number of halogens is 1. The number of benzene rings is 2. The van der Waals surface area contributed by atoms with Gasteiger partial charge in [-0.05, 0) is 17.5 Å². The summed E-state index contributed by atoms with van der Waals surface area (Å²) in [6.45, 7) is 3.74. The Hall–Kier alpha value is -2.09. The van der Waals surface area contributed by atoms with Crippen LogP contribution in [0.15, 0.2) is 65.7 Å². The Kier molecular flexibility index (Phi) is 11.2. The second-order valence-corrected chi connectivity index (χ2v) is 6.63. The van der Waals surface area contributed by atoms with Crippen LogP contribution in [0.1, 0.15) is 30.4 Å². The number of guanidine groups is 1. The molecule has 2 aromatic carbocycles. The zero-order valence-corrected chi connectivity index (χ0v) is 19.2. The predicted octanol–water partition coefficient (Wildman–Crippen LogP) is 3.47. The molecule has 0 atom stereocenters. The number of hydrogen-bond acceptors (Lipinski definition) is 2. The molecule has 0 aliphatic carbocycles. The first-order valence-corrected chi connectivity index (χ1v) is 9.44. The highest BCUT2D eigenvalue weighted by molar-refractivity contribution is 14.0. The predicted molar refractivity (Wildman–Crippen MR) is 127 cm³/mol. The molecule has 0 saturated carbocycles. The van der Waals surface area contributed by atoms with Crippen LogP contribution in [0.4, 0.5) is 0 Å². The molecule has 5 nitrogen and oxygen atoms in total. The third kappa shape index (κ3) is 7.88. The van der Waals surface area contributed by atoms with Crippen molar-refractivity contribution < 1.29 is 4.79 Å². The molecule has 2 N–H and O–H groups in total. The number of nitrogens with zero attached hydrogens (tertiary/aromatic N) is 2. The lowest BCUT2D eigenvalue weighted by Gasteiger charge is -2.21. The quantitative estimate of drug-likeness (QED) is 0.336. The molecule has 0 spiro atoms. The third-order valence-corrected chi connectivity index (χ3v) is 4.29. The van der Waals surface area contributed by atoms with Gasteiger partial charge in [0.1, 0.15) is 6.54 Å². The molecule has 0 unspecified atom stereocenters. The Labute approximate surface area is 185 Å². The van der Waals surface area contributed by atoms with Crippen molar-refractivity contribution in [3.63, 3.8) is 0 Å². The van der Waals surface area contributed by atoms with E-state index >= 15 is 0 Å². The maximum Gasteiger partial charge on any atom is 0.243 e. The van der Waals surface area contributed by atoms with Gasteiger partial charge < -0.3 is 15.5 Å². The zero-order valence-electron chi connectivity index (χ0n) is 16.9. The molecule has 0 aliphatic rings. The summed E-state index contributed by atoms with van der Waals surface area (Å²) in [5.41, 5.74) is 2.49. The standard InChI is InChI=1S/C22H30N4O.HI/c1-4-15-23-22(25-17-21(27)26(2)3)24-16-20(18-11-7-5-8-12-18)19-13-9-6-10-14-19;/h5-14,20H,4,15-17H2,1-3H3,(H2,23,24,25);1H. The van der Waals surface area contributed by atoms with Crippen LogP contribution >= 0.6 is 24.0 Å². The number of nitrogens with one attached hydrogen (secondary N) is 2. The fourth-order valence-corrected chi connectivity index (χ4v) is 2.70. The van der Waals surface area contributed by atoms with E-state index in [4.69, 9.17) is 0 Å². The van der Waals surface area contributed by atoms with Crippen molar-refractivity contribution in [1.82, 2.24) is 15.5 Å². The molecule has 28 heavy (non-hydrogen) atoms. The Balaban J connectivity index is 0.00000392. The van der Waals surface area contributed by atoms with Crippen LogP contribution in [0, 0.1) is 0 Å². The fraction of sp³-hybridized carbons (Fsp3) is 0.364. The van der Waals surface area contributed by atoms with E-state index in [1.54, 1.807) is 19.0 Å². The van der Waals surface area contributed by atoms with Crippen molar-refractivity contribution in [2.45, 2.75) is 19.3 Å². The molecule has 6 heteroatoms. The molecule has 1 amide bonds. The summed E-state index contributed by atoms with van der Waals surface area (Å²) < 4.78 is 0. The molecule has 0 fully saturated rings. The first-order valence-electron chi connectivity index (χ1n) is 9.44. The Morgan fingerprint density at radius 2 is 1.50 bits per heavy atom. The minimum Gasteiger partial charge on any atom is -0.356 e. The normalized spacial score (nSPS) is 10.9. The van der Waals surface area contributed by atoms with Gasteiger partial charge in [-0.3, -0.25) is 4.79 Å². The van der Waals surface area contributed by atoms with E-state index in [9.17, 15) is 4.79 Å². The van der Waals surface area contributed by atoms with Crippen LogP contribution in [0.2, 0.25) is 0 Å². The third-order valence-electron chi connectivity index (χ3n) is 4.29. The number of aliphatic imine (C=N–C) groups is 1. The van der Waals surface area contributed by atoms with Gasteiger partial charge in [0.2, 0.25) is 5.91 Å². The highest BCUT2D eigenvalue weighted by Gasteiger charge is 2.14. The number of likely N-dealkylation sites (N-methyl/N-ethyl adjacent to an activating group) is 1. The van der Waals surface area contributed by atoms with Crippen LogP contribution in [-0.4, -0.2) is 50.5 Å². The molecule has 0 aromatic heterocycles. The maximum absolute atomic E-state index is 11.9. The zero-order chi connectivity index (χ0) is 19.5. The van der Waals surface area contributed by atoms with E-state index in [0.717, 1.165) is 13.0 Å². The lowest BCUT2D eigenvalue weighted by Crippen LogP contribution is -2.40. The highest BCUT2D eigenvalue weighted by Crippen LogP contribution is 2.23. The lowest BCUT2D eigenvalue weighted by atomic mass is 9.91. The minimum absolute atomic E-state index is 0. The van der Waals surface area contributed by atoms with Crippen LogP contribution < -0.4 is 10.6 Å². The van der Waals surface area contributed by atoms with Gasteiger partial charge in [-0.1, -0.05) is 67.6 Å². The van der Waals surface area contributed by atoms with E-state index in [0.29, 0.717) is 12.5 Å². The summed E-state index contributed by atoms with van der Waals surface area (Å²) in [6.07, 6.45) is 0.989. The molecular formula is C22H31IN4O. The van der Waals surface area contributed by atoms with Gasteiger partial charge in [0.15, 0.2) is 5.96 Å². The SMILES string of the molecule is CCCNC(=NCC(=O)N(C)C)NCC(c1ccccc1)c1ccccc1.I. The summed E-state index contributed by atoms with van der Waals surface area (Å²) in [7, 11) is 3.48. The van der Waals surface area contributed by atoms with E-state index in [1.807, 2.05) is 12.1 Å². The largest absolute Gasteiger partial charge is 0.356 e. The molecule has 0 radical (unpaired) electrons. The van der Waals surface area contributed by atoms with Gasteiger partial charge in [0.25, 0.3) is 0 Å². The second kappa shape index (κ2) is 13.1. The number of carbonyl (C=O) groups is 1. The first-order chi connectivity index (χ1) is 13.1. The fourth-order valence-electron chi connectivity index (χ4n) is 2.70. The molecule has 0 aliphatic heterocycles. The van der Waals surface area contributed by atoms with Crippen molar-refractivity contribution >= 4 is 35.8 Å². The Morgan fingerprint density at radius 3 is 1.96 bits per heavy atom. The van der Waals surface area contributed by atoms with Gasteiger partial charge in [-0.25, -0.2) is 4.99 Å². The average Bonchev–Trinajstić information content (AvgIpc) is 2.70. The number of carbonyl (C=O) groups excluding carboxylic acids is 1. The van der Waals surface area contributed by atoms with Gasteiger partial charge in [0, 0.05) is 33.1 Å². The minimum atomic E-state index is -0.0183. The first kappa shape index (κ1) is 23.9. The van der Waals surface area contributed by atoms with Crippen molar-refractivity contribution in [3.8, 4) is 0 Å². The van der Waals surface area contributed by atoms with Crippen LogP contribution in [0.25, 0.3) is 0 Å². The van der Waals surface area contributed by atoms with E-state index in [2.05, 4.69) is 71.1 Å². The van der Waals surface area contributed by atoms with Crippen LogP contribution in [0.3, 0.4) is 0 Å². The topological polar surface area (TPSA) is 56.7 Å². The summed E-state index contributed by atoms with van der Waals surface area (Å²) in [6, 6.07) is 20.9. The summed E-state index contributed by atoms with van der Waals surface area (Å²) in [5.74, 6) is 0.852. The summed E-state index contributed by atoms with van der Waals surface area (Å²) in [5, 5.41) is 6.70. The molecule has 2 aromatic rings. The summed E-state index contributed by atoms with van der Waals surface area (Å²) in [4.78, 5) is 17.9. The van der Waals surface area contributed by atoms with Gasteiger partial charge in [-0.15, -0.1) is 24.0 Å². The van der Waals surface area contributed by atoms with E-state index in [1.165, 1.54) is 11.1 Å². The second-order valence-electron chi connectivity index (χ2n) is 6.63. The number of hydrogen-bond donors (Lipinski definition) is 2. The van der Waals surface area contributed by atoms with Crippen molar-refractivity contribution in [2.24, 2.45) is 4.99 Å². The van der Waals surface area contributed by atoms with Crippen molar-refractivity contribution in [3.05, 3.63) is 71.8 Å². The van der Waals surface area contributed by atoms with Crippen molar-refractivity contribution in [2.75, 3.05) is 33.7 Å². The monoisotopic (exact) mass is 494 g/mol. The van der Waals surface area contributed by atoms with Gasteiger partial charge >= 0.3 is 0 Å². The molecule has 152 valence electrons. The smallest absolute Gasteiger partial charge is 0.243 e. The number of rotatable bonds is 8. The Morgan fingerprint density at radius 1 is 0.964 bits per heavy atom. The van der Waals surface area contributed by atoms with E-state index < -0.39 is 0 Å². The van der Waals surface area contributed by atoms with Crippen molar-refractivity contribution in [1.29, 1.82) is 0 Å². The number of amides is 1. The lowest BCUT2D eigenvalue weighted by molar-refractivity contribution is -0.127. The maximum atomic E-state index is 11.9. The highest BCUT2D eigenvalue weighted by atomic mass is 127. The van der Waals surface area contributed by atoms with Gasteiger partial charge in [0.05, 0.1) is 0 Å². The summed E-state index contributed by atoms with van der Waals surface area (Å²) >= 11 is 0. The Bertz CT molecular complexity index is 680. The van der Waals surface area contributed by atoms with Gasteiger partial charge in [-0.2, -0.15) is 0 Å². The molecule has 0 heterocycles. The molecule has 2 rings (SSSR count).